The lowest BCUT2D eigenvalue weighted by Gasteiger charge is -2.40. The van der Waals surface area contributed by atoms with Gasteiger partial charge in [-0.1, -0.05) is 0 Å². The molecule has 130 valence electrons. The number of nitrogens with two attached hydrogens (primary N) is 1. The van der Waals surface area contributed by atoms with Crippen LogP contribution < -0.4 is 11.1 Å². The van der Waals surface area contributed by atoms with Crippen LogP contribution in [0.25, 0.3) is 0 Å². The fourth-order valence-corrected chi connectivity index (χ4v) is 3.84. The van der Waals surface area contributed by atoms with E-state index in [1.54, 1.807) is 24.3 Å². The number of carbonyl (C=O) groups is 2. The van der Waals surface area contributed by atoms with Crippen molar-refractivity contribution in [2.45, 2.75) is 37.5 Å². The molecule has 2 fully saturated rings. The summed E-state index contributed by atoms with van der Waals surface area (Å²) in [6.07, 6.45) is 1.53. The van der Waals surface area contributed by atoms with Crippen LogP contribution in [-0.2, 0) is 14.3 Å². The van der Waals surface area contributed by atoms with Crippen LogP contribution in [0.5, 0.6) is 0 Å². The zero-order valence-corrected chi connectivity index (χ0v) is 13.9. The molecule has 2 aliphatic heterocycles. The van der Waals surface area contributed by atoms with Crippen molar-refractivity contribution in [2.24, 2.45) is 5.92 Å². The number of benzene rings is 1. The van der Waals surface area contributed by atoms with Gasteiger partial charge in [0.1, 0.15) is 12.0 Å². The molecule has 7 heteroatoms. The zero-order chi connectivity index (χ0) is 17.3. The van der Waals surface area contributed by atoms with Crippen LogP contribution in [0.15, 0.2) is 24.3 Å². The van der Waals surface area contributed by atoms with Gasteiger partial charge in [0.05, 0.1) is 7.11 Å². The maximum Gasteiger partial charge on any atom is 0.411 e. The number of rotatable bonds is 3. The van der Waals surface area contributed by atoms with E-state index in [2.05, 4.69) is 10.2 Å². The molecule has 0 aromatic heterocycles. The normalized spacial score (nSPS) is 29.1. The van der Waals surface area contributed by atoms with Crippen molar-refractivity contribution < 1.29 is 19.1 Å². The van der Waals surface area contributed by atoms with Crippen molar-refractivity contribution in [1.82, 2.24) is 4.90 Å². The van der Waals surface area contributed by atoms with Gasteiger partial charge in [-0.3, -0.25) is 15.0 Å². The molecule has 2 saturated heterocycles. The largest absolute Gasteiger partial charge is 0.469 e. The van der Waals surface area contributed by atoms with E-state index in [9.17, 15) is 9.59 Å². The van der Waals surface area contributed by atoms with Gasteiger partial charge in [-0.25, -0.2) is 4.79 Å². The molecule has 3 rings (SSSR count). The lowest BCUT2D eigenvalue weighted by atomic mass is 9.87. The molecule has 3 N–H and O–H groups in total. The van der Waals surface area contributed by atoms with Crippen LogP contribution in [-0.4, -0.2) is 49.3 Å². The average molecular weight is 333 g/mol. The van der Waals surface area contributed by atoms with Crippen LogP contribution in [0.3, 0.4) is 0 Å². The van der Waals surface area contributed by atoms with E-state index in [0.717, 1.165) is 12.8 Å². The number of fused-ring (bicyclic) bond motifs is 2. The van der Waals surface area contributed by atoms with Crippen molar-refractivity contribution >= 4 is 23.4 Å². The highest BCUT2D eigenvalue weighted by Crippen LogP contribution is 2.40. The van der Waals surface area contributed by atoms with E-state index >= 15 is 0 Å². The Bertz CT molecular complexity index is 619. The van der Waals surface area contributed by atoms with Gasteiger partial charge in [0.2, 0.25) is 0 Å². The number of carbonyl (C=O) groups excluding carboxylic acids is 2. The van der Waals surface area contributed by atoms with Gasteiger partial charge in [0.25, 0.3) is 0 Å². The number of nitrogen functional groups attached to an aromatic ring is 1. The third kappa shape index (κ3) is 3.17. The molecular formula is C17H23N3O4. The van der Waals surface area contributed by atoms with E-state index < -0.39 is 18.1 Å². The molecule has 0 unspecified atom stereocenters. The van der Waals surface area contributed by atoms with Crippen molar-refractivity contribution in [2.75, 3.05) is 25.2 Å². The molecule has 0 radical (unpaired) electrons. The molecule has 0 aliphatic carbocycles. The molecule has 4 atom stereocenters. The van der Waals surface area contributed by atoms with Crippen LogP contribution in [0, 0.1) is 5.92 Å². The van der Waals surface area contributed by atoms with E-state index in [0.29, 0.717) is 23.8 Å². The second-order valence-corrected chi connectivity index (χ2v) is 6.44. The molecule has 1 aromatic rings. The SMILES string of the molecule is COC(=O)[C@H]1[C@@H](OC(=O)Nc2ccc(N)cc2)C[C@@H]2CC[C@H]1N2C. The summed E-state index contributed by atoms with van der Waals surface area (Å²) in [7, 11) is 3.39. The smallest absolute Gasteiger partial charge is 0.411 e. The van der Waals surface area contributed by atoms with Crippen LogP contribution >= 0.6 is 0 Å². The van der Waals surface area contributed by atoms with Gasteiger partial charge < -0.3 is 15.2 Å². The molecule has 1 amide bonds. The van der Waals surface area contributed by atoms with Gasteiger partial charge in [-0.2, -0.15) is 0 Å². The Morgan fingerprint density at radius 3 is 2.62 bits per heavy atom. The maximum absolute atomic E-state index is 12.2. The van der Waals surface area contributed by atoms with Crippen molar-refractivity contribution in [3.63, 3.8) is 0 Å². The minimum Gasteiger partial charge on any atom is -0.469 e. The van der Waals surface area contributed by atoms with Gasteiger partial charge in [0.15, 0.2) is 0 Å². The predicted molar refractivity (Wildman–Crippen MR) is 89.4 cm³/mol. The Morgan fingerprint density at radius 2 is 1.96 bits per heavy atom. The van der Waals surface area contributed by atoms with Crippen molar-refractivity contribution in [1.29, 1.82) is 0 Å². The number of nitrogens with zero attached hydrogens (tertiary/aromatic N) is 1. The predicted octanol–water partition coefficient (Wildman–Crippen LogP) is 1.84. The summed E-state index contributed by atoms with van der Waals surface area (Å²) >= 11 is 0. The number of hydrogen-bond donors (Lipinski definition) is 2. The van der Waals surface area contributed by atoms with Crippen molar-refractivity contribution in [3.05, 3.63) is 24.3 Å². The standard InChI is InChI=1S/C17H23N3O4/c1-20-12-7-8-13(20)15(16(21)23-2)14(9-12)24-17(22)19-11-5-3-10(18)4-6-11/h3-6,12-15H,7-9,18H2,1-2H3,(H,19,22)/t12-,13+,14-,15+/m0/s1. The van der Waals surface area contributed by atoms with Crippen molar-refractivity contribution in [3.8, 4) is 0 Å². The molecule has 2 bridgehead atoms. The lowest BCUT2D eigenvalue weighted by Crippen LogP contribution is -2.53. The summed E-state index contributed by atoms with van der Waals surface area (Å²) in [6, 6.07) is 7.20. The topological polar surface area (TPSA) is 93.9 Å². The summed E-state index contributed by atoms with van der Waals surface area (Å²) in [6.45, 7) is 0. The molecule has 0 spiro atoms. The molecule has 2 heterocycles. The fourth-order valence-electron chi connectivity index (χ4n) is 3.84. The van der Waals surface area contributed by atoms with E-state index in [1.807, 2.05) is 7.05 Å². The van der Waals surface area contributed by atoms with Gasteiger partial charge in [-0.15, -0.1) is 0 Å². The average Bonchev–Trinajstić information content (AvgIpc) is 2.80. The number of amides is 1. The highest BCUT2D eigenvalue weighted by Gasteiger charge is 2.50. The maximum atomic E-state index is 12.2. The molecule has 24 heavy (non-hydrogen) atoms. The summed E-state index contributed by atoms with van der Waals surface area (Å²) in [4.78, 5) is 26.6. The summed E-state index contributed by atoms with van der Waals surface area (Å²) in [5.74, 6) is -0.770. The third-order valence-corrected chi connectivity index (χ3v) is 5.10. The number of esters is 1. The monoisotopic (exact) mass is 333 g/mol. The number of piperidine rings is 1. The third-order valence-electron chi connectivity index (χ3n) is 5.10. The minimum absolute atomic E-state index is 0.0607. The number of anilines is 2. The van der Waals surface area contributed by atoms with Gasteiger partial charge >= 0.3 is 12.1 Å². The summed E-state index contributed by atoms with van der Waals surface area (Å²) in [5.41, 5.74) is 6.84. The number of methoxy groups -OCH3 is 1. The molecule has 1 aromatic carbocycles. The Kier molecular flexibility index (Phi) is 4.62. The molecule has 0 saturated carbocycles. The van der Waals surface area contributed by atoms with Crippen LogP contribution in [0.4, 0.5) is 16.2 Å². The highest BCUT2D eigenvalue weighted by atomic mass is 16.6. The Labute approximate surface area is 141 Å². The zero-order valence-electron chi connectivity index (χ0n) is 13.9. The van der Waals surface area contributed by atoms with Crippen LogP contribution in [0.1, 0.15) is 19.3 Å². The Hall–Kier alpha value is -2.28. The van der Waals surface area contributed by atoms with E-state index in [4.69, 9.17) is 15.2 Å². The first-order valence-electron chi connectivity index (χ1n) is 8.12. The number of nitrogens with one attached hydrogen (secondary N) is 1. The first kappa shape index (κ1) is 16.6. The summed E-state index contributed by atoms with van der Waals surface area (Å²) in [5, 5.41) is 2.67. The minimum atomic E-state index is -0.567. The Morgan fingerprint density at radius 1 is 1.25 bits per heavy atom. The fraction of sp³-hybridized carbons (Fsp3) is 0.529. The van der Waals surface area contributed by atoms with E-state index in [1.165, 1.54) is 7.11 Å². The second kappa shape index (κ2) is 6.68. The van der Waals surface area contributed by atoms with Gasteiger partial charge in [-0.05, 0) is 44.2 Å². The molecule has 7 nitrogen and oxygen atoms in total. The second-order valence-electron chi connectivity index (χ2n) is 6.44. The quantitative estimate of drug-likeness (QED) is 0.647. The first-order valence-corrected chi connectivity index (χ1v) is 8.12. The number of ether oxygens (including phenoxy) is 2. The molecule has 2 aliphatic rings. The highest BCUT2D eigenvalue weighted by molar-refractivity contribution is 5.85. The van der Waals surface area contributed by atoms with E-state index in [-0.39, 0.29) is 12.0 Å². The van der Waals surface area contributed by atoms with Gasteiger partial charge in [0, 0.05) is 29.9 Å². The molecular weight excluding hydrogens is 310 g/mol. The number of hydrogen-bond acceptors (Lipinski definition) is 6. The lowest BCUT2D eigenvalue weighted by molar-refractivity contribution is -0.155. The Balaban J connectivity index is 1.69. The summed E-state index contributed by atoms with van der Waals surface area (Å²) < 4.78 is 10.5. The van der Waals surface area contributed by atoms with Crippen LogP contribution in [0.2, 0.25) is 0 Å². The first-order chi connectivity index (χ1) is 11.5.